The topological polar surface area (TPSA) is 47.7 Å². The van der Waals surface area contributed by atoms with E-state index in [-0.39, 0.29) is 0 Å². The molecule has 5 nitrogen and oxygen atoms in total. The average molecular weight is 291 g/mol. The Morgan fingerprint density at radius 3 is 2.82 bits per heavy atom. The molecular weight excluding hydrogens is 274 g/mol. The number of hydrogen-bond donors (Lipinski definition) is 1. The predicted octanol–water partition coefficient (Wildman–Crippen LogP) is 2.55. The van der Waals surface area contributed by atoms with E-state index in [4.69, 9.17) is 0 Å². The minimum absolute atomic E-state index is 0.553. The molecule has 0 bridgehead atoms. The molecule has 22 heavy (non-hydrogen) atoms. The SMILES string of the molecule is CCn1ccc(NCC#Cc2cnn(-c3ccccc3)c2)n1. The highest BCUT2D eigenvalue weighted by Crippen LogP contribution is 2.06. The van der Waals surface area contributed by atoms with E-state index < -0.39 is 0 Å². The van der Waals surface area contributed by atoms with Crippen molar-refractivity contribution in [3.05, 3.63) is 60.6 Å². The second-order valence-corrected chi connectivity index (χ2v) is 4.72. The maximum Gasteiger partial charge on any atom is 0.148 e. The van der Waals surface area contributed by atoms with Crippen LogP contribution in [0.15, 0.2) is 55.0 Å². The summed E-state index contributed by atoms with van der Waals surface area (Å²) in [6.07, 6.45) is 5.64. The van der Waals surface area contributed by atoms with Crippen molar-refractivity contribution in [1.82, 2.24) is 19.6 Å². The molecule has 1 N–H and O–H groups in total. The zero-order valence-corrected chi connectivity index (χ0v) is 12.4. The smallest absolute Gasteiger partial charge is 0.148 e. The Kier molecular flexibility index (Phi) is 4.21. The predicted molar refractivity (Wildman–Crippen MR) is 86.8 cm³/mol. The monoisotopic (exact) mass is 291 g/mol. The number of nitrogens with one attached hydrogen (secondary N) is 1. The number of benzene rings is 1. The van der Waals surface area contributed by atoms with E-state index in [1.165, 1.54) is 0 Å². The molecule has 0 saturated carbocycles. The van der Waals surface area contributed by atoms with E-state index in [2.05, 4.69) is 34.3 Å². The van der Waals surface area contributed by atoms with Crippen LogP contribution in [0.25, 0.3) is 5.69 Å². The number of anilines is 1. The van der Waals surface area contributed by atoms with Gasteiger partial charge in [0.2, 0.25) is 0 Å². The molecule has 3 rings (SSSR count). The van der Waals surface area contributed by atoms with Crippen molar-refractivity contribution in [1.29, 1.82) is 0 Å². The molecular formula is C17H17N5. The van der Waals surface area contributed by atoms with Crippen molar-refractivity contribution in [3.8, 4) is 17.5 Å². The molecule has 0 amide bonds. The summed E-state index contributed by atoms with van der Waals surface area (Å²) in [6.45, 7) is 3.48. The molecule has 0 fully saturated rings. The van der Waals surface area contributed by atoms with E-state index in [0.29, 0.717) is 6.54 Å². The highest BCUT2D eigenvalue weighted by atomic mass is 15.3. The van der Waals surface area contributed by atoms with Gasteiger partial charge < -0.3 is 5.32 Å². The quantitative estimate of drug-likeness (QED) is 0.752. The summed E-state index contributed by atoms with van der Waals surface area (Å²) in [7, 11) is 0. The third-order valence-corrected chi connectivity index (χ3v) is 3.16. The van der Waals surface area contributed by atoms with Gasteiger partial charge in [-0.2, -0.15) is 10.2 Å². The molecule has 3 aromatic rings. The zero-order valence-electron chi connectivity index (χ0n) is 12.4. The Labute approximate surface area is 129 Å². The Bertz CT molecular complexity index is 789. The third-order valence-electron chi connectivity index (χ3n) is 3.16. The van der Waals surface area contributed by atoms with Gasteiger partial charge in [-0.1, -0.05) is 30.0 Å². The van der Waals surface area contributed by atoms with E-state index in [0.717, 1.165) is 23.6 Å². The first kappa shape index (κ1) is 14.0. The maximum absolute atomic E-state index is 4.34. The summed E-state index contributed by atoms with van der Waals surface area (Å²) in [4.78, 5) is 0. The van der Waals surface area contributed by atoms with Gasteiger partial charge in [-0.3, -0.25) is 4.68 Å². The van der Waals surface area contributed by atoms with Crippen LogP contribution in [-0.4, -0.2) is 26.1 Å². The van der Waals surface area contributed by atoms with E-state index in [1.54, 1.807) is 6.20 Å². The average Bonchev–Trinajstić information content (AvgIpc) is 3.22. The van der Waals surface area contributed by atoms with Crippen LogP contribution in [0.1, 0.15) is 12.5 Å². The van der Waals surface area contributed by atoms with Crippen LogP contribution in [0.2, 0.25) is 0 Å². The lowest BCUT2D eigenvalue weighted by molar-refractivity contribution is 0.662. The van der Waals surface area contributed by atoms with Crippen molar-refractivity contribution >= 4 is 5.82 Å². The summed E-state index contributed by atoms with van der Waals surface area (Å²) in [6, 6.07) is 11.9. The summed E-state index contributed by atoms with van der Waals surface area (Å²) < 4.78 is 3.69. The molecule has 0 aliphatic carbocycles. The highest BCUT2D eigenvalue weighted by Gasteiger charge is 1.97. The molecule has 0 spiro atoms. The molecule has 0 aliphatic heterocycles. The van der Waals surface area contributed by atoms with Crippen LogP contribution < -0.4 is 5.32 Å². The first-order valence-corrected chi connectivity index (χ1v) is 7.21. The van der Waals surface area contributed by atoms with E-state index in [9.17, 15) is 0 Å². The minimum atomic E-state index is 0.553. The van der Waals surface area contributed by atoms with Gasteiger partial charge in [-0.05, 0) is 19.1 Å². The van der Waals surface area contributed by atoms with Gasteiger partial charge in [0.15, 0.2) is 0 Å². The second-order valence-electron chi connectivity index (χ2n) is 4.72. The van der Waals surface area contributed by atoms with Crippen LogP contribution in [0.3, 0.4) is 0 Å². The van der Waals surface area contributed by atoms with Gasteiger partial charge in [0, 0.05) is 25.0 Å². The van der Waals surface area contributed by atoms with Crippen LogP contribution >= 0.6 is 0 Å². The van der Waals surface area contributed by atoms with Crippen molar-refractivity contribution < 1.29 is 0 Å². The molecule has 0 aliphatic rings. The standard InChI is InChI=1S/C17H17N5/c1-2-21-12-10-17(20-21)18-11-6-7-15-13-19-22(14-15)16-8-4-3-5-9-16/h3-5,8-10,12-14H,2,11H2,1H3,(H,18,20). The molecule has 2 aromatic heterocycles. The number of hydrogen-bond acceptors (Lipinski definition) is 3. The second kappa shape index (κ2) is 6.64. The Morgan fingerprint density at radius 2 is 2.05 bits per heavy atom. The minimum Gasteiger partial charge on any atom is -0.358 e. The van der Waals surface area contributed by atoms with Gasteiger partial charge in [-0.15, -0.1) is 0 Å². The van der Waals surface area contributed by atoms with Gasteiger partial charge in [0.25, 0.3) is 0 Å². The first-order valence-electron chi connectivity index (χ1n) is 7.21. The van der Waals surface area contributed by atoms with Crippen molar-refractivity contribution in [2.45, 2.75) is 13.5 Å². The van der Waals surface area contributed by atoms with Crippen LogP contribution in [0.4, 0.5) is 5.82 Å². The van der Waals surface area contributed by atoms with Gasteiger partial charge in [-0.25, -0.2) is 4.68 Å². The van der Waals surface area contributed by atoms with Crippen molar-refractivity contribution in [2.24, 2.45) is 0 Å². The van der Waals surface area contributed by atoms with Crippen LogP contribution in [-0.2, 0) is 6.54 Å². The lowest BCUT2D eigenvalue weighted by atomic mass is 10.3. The molecule has 0 saturated heterocycles. The zero-order chi connectivity index (χ0) is 15.2. The lowest BCUT2D eigenvalue weighted by Crippen LogP contribution is -2.01. The number of rotatable bonds is 4. The fourth-order valence-corrected chi connectivity index (χ4v) is 2.02. The largest absolute Gasteiger partial charge is 0.358 e. The Balaban J connectivity index is 1.59. The molecule has 110 valence electrons. The Hall–Kier alpha value is -3.00. The van der Waals surface area contributed by atoms with Crippen LogP contribution in [0.5, 0.6) is 0 Å². The summed E-state index contributed by atoms with van der Waals surface area (Å²) >= 11 is 0. The molecule has 2 heterocycles. The molecule has 0 unspecified atom stereocenters. The molecule has 0 radical (unpaired) electrons. The third kappa shape index (κ3) is 3.36. The van der Waals surface area contributed by atoms with Gasteiger partial charge >= 0.3 is 0 Å². The number of para-hydroxylation sites is 1. The van der Waals surface area contributed by atoms with Gasteiger partial charge in [0.1, 0.15) is 5.82 Å². The first-order chi connectivity index (χ1) is 10.8. The maximum atomic E-state index is 4.34. The summed E-state index contributed by atoms with van der Waals surface area (Å²) in [5.41, 5.74) is 1.92. The van der Waals surface area contributed by atoms with E-state index >= 15 is 0 Å². The fraction of sp³-hybridized carbons (Fsp3) is 0.176. The molecule has 1 aromatic carbocycles. The highest BCUT2D eigenvalue weighted by molar-refractivity contribution is 5.38. The molecule has 5 heteroatoms. The number of aryl methyl sites for hydroxylation is 1. The van der Waals surface area contributed by atoms with Crippen molar-refractivity contribution in [2.75, 3.05) is 11.9 Å². The normalized spacial score (nSPS) is 10.0. The van der Waals surface area contributed by atoms with Crippen molar-refractivity contribution in [3.63, 3.8) is 0 Å². The van der Waals surface area contributed by atoms with E-state index in [1.807, 2.05) is 58.2 Å². The Morgan fingerprint density at radius 1 is 1.18 bits per heavy atom. The number of aromatic nitrogens is 4. The molecule has 0 atom stereocenters. The lowest BCUT2D eigenvalue weighted by Gasteiger charge is -1.98. The van der Waals surface area contributed by atoms with Crippen LogP contribution in [0, 0.1) is 11.8 Å². The summed E-state index contributed by atoms with van der Waals surface area (Å²) in [5, 5.41) is 11.8. The summed E-state index contributed by atoms with van der Waals surface area (Å²) in [5.74, 6) is 7.02. The van der Waals surface area contributed by atoms with Gasteiger partial charge in [0.05, 0.1) is 24.0 Å². The fourth-order valence-electron chi connectivity index (χ4n) is 2.02. The number of nitrogens with zero attached hydrogens (tertiary/aromatic N) is 4.